The molecule has 0 aromatic carbocycles. The molecular weight excluding hydrogens is 418 g/mol. The Bertz CT molecular complexity index is 1220. The Hall–Kier alpha value is -3.13. The van der Waals surface area contributed by atoms with Gasteiger partial charge in [0, 0.05) is 37.5 Å². The zero-order valence-electron chi connectivity index (χ0n) is 18.9. The Morgan fingerprint density at radius 3 is 2.85 bits per heavy atom. The van der Waals surface area contributed by atoms with Gasteiger partial charge < -0.3 is 19.7 Å². The number of ether oxygens (including phenoxy) is 1. The molecular formula is C25H31N5O3. The molecule has 0 radical (unpaired) electrons. The third kappa shape index (κ3) is 4.27. The smallest absolute Gasteiger partial charge is 0.251 e. The van der Waals surface area contributed by atoms with Crippen LogP contribution in [-0.4, -0.2) is 44.2 Å². The molecule has 0 unspecified atom stereocenters. The van der Waals surface area contributed by atoms with E-state index in [1.165, 1.54) is 11.8 Å². The van der Waals surface area contributed by atoms with Crippen LogP contribution in [0.3, 0.4) is 0 Å². The monoisotopic (exact) mass is 449 g/mol. The van der Waals surface area contributed by atoms with Gasteiger partial charge in [-0.1, -0.05) is 19.4 Å². The van der Waals surface area contributed by atoms with Crippen molar-refractivity contribution in [1.29, 1.82) is 0 Å². The summed E-state index contributed by atoms with van der Waals surface area (Å²) in [6.07, 6.45) is 12.4. The van der Waals surface area contributed by atoms with Gasteiger partial charge in [-0.25, -0.2) is 4.98 Å². The van der Waals surface area contributed by atoms with Gasteiger partial charge in [0.25, 0.3) is 5.43 Å². The second-order valence-electron chi connectivity index (χ2n) is 9.24. The van der Waals surface area contributed by atoms with Crippen LogP contribution in [0, 0.1) is 0 Å². The van der Waals surface area contributed by atoms with E-state index in [4.69, 9.17) is 9.72 Å². The summed E-state index contributed by atoms with van der Waals surface area (Å²) < 4.78 is 9.73. The maximum absolute atomic E-state index is 12.6. The summed E-state index contributed by atoms with van der Waals surface area (Å²) >= 11 is 0. The Balaban J connectivity index is 1.58. The minimum absolute atomic E-state index is 0.155. The fourth-order valence-electron chi connectivity index (χ4n) is 5.18. The summed E-state index contributed by atoms with van der Waals surface area (Å²) in [6, 6.07) is 4.36. The molecule has 2 aliphatic heterocycles. The van der Waals surface area contributed by atoms with Gasteiger partial charge in [-0.05, 0) is 49.8 Å². The molecule has 6 bridgehead atoms. The van der Waals surface area contributed by atoms with E-state index in [1.54, 1.807) is 4.68 Å². The highest BCUT2D eigenvalue weighted by atomic mass is 16.5. The second kappa shape index (κ2) is 9.02. The highest BCUT2D eigenvalue weighted by Gasteiger charge is 2.37. The van der Waals surface area contributed by atoms with Gasteiger partial charge in [-0.2, -0.15) is 5.10 Å². The van der Waals surface area contributed by atoms with E-state index in [-0.39, 0.29) is 17.0 Å². The molecule has 1 aliphatic carbocycles. The highest BCUT2D eigenvalue weighted by Crippen LogP contribution is 2.40. The number of aromatic hydroxyl groups is 1. The molecule has 174 valence electrons. The fourth-order valence-corrected chi connectivity index (χ4v) is 5.18. The second-order valence-corrected chi connectivity index (χ2v) is 9.24. The maximum atomic E-state index is 12.6. The Morgan fingerprint density at radius 1 is 1.18 bits per heavy atom. The summed E-state index contributed by atoms with van der Waals surface area (Å²) in [5.41, 5.74) is 2.04. The SMILES string of the molecule is C=C1NCCCOCCCc2cnc3c(ccn3C3(CCCC3)Cn3cc(O)c(=O)c1n3)c2. The molecule has 8 nitrogen and oxygen atoms in total. The number of nitrogens with one attached hydrogen (secondary N) is 1. The standard InChI is InChI=1S/C25H31N5O3/c1-18-22-23(32)21(31)16-29(28-22)17-25(8-2-3-9-25)30-11-7-20-14-19(15-27-24(20)30)6-4-12-33-13-5-10-26-18/h7,11,14-16,26,31H,1-6,8-10,12-13,17H2. The largest absolute Gasteiger partial charge is 0.503 e. The molecule has 3 aromatic rings. The predicted octanol–water partition coefficient (Wildman–Crippen LogP) is 3.18. The number of hydrogen-bond acceptors (Lipinski definition) is 6. The van der Waals surface area contributed by atoms with Gasteiger partial charge in [0.1, 0.15) is 5.65 Å². The molecule has 3 aromatic heterocycles. The number of fused-ring (bicyclic) bond motifs is 9. The molecule has 3 aliphatic rings. The first kappa shape index (κ1) is 21.7. The van der Waals surface area contributed by atoms with Gasteiger partial charge in [0.05, 0.1) is 24.0 Å². The third-order valence-electron chi connectivity index (χ3n) is 6.88. The summed E-state index contributed by atoms with van der Waals surface area (Å²) in [5.74, 6) is -0.314. The number of pyridine rings is 1. The van der Waals surface area contributed by atoms with E-state index in [1.807, 2.05) is 6.20 Å². The van der Waals surface area contributed by atoms with Crippen LogP contribution in [-0.2, 0) is 23.2 Å². The molecule has 1 spiro atoms. The molecule has 0 saturated heterocycles. The van der Waals surface area contributed by atoms with Gasteiger partial charge in [0.15, 0.2) is 11.4 Å². The number of rotatable bonds is 0. The number of aryl methyl sites for hydroxylation is 1. The first-order valence-corrected chi connectivity index (χ1v) is 11.8. The molecule has 5 heterocycles. The third-order valence-corrected chi connectivity index (χ3v) is 6.88. The van der Waals surface area contributed by atoms with Gasteiger partial charge >= 0.3 is 0 Å². The highest BCUT2D eigenvalue weighted by molar-refractivity contribution is 5.77. The van der Waals surface area contributed by atoms with Crippen LogP contribution in [0.2, 0.25) is 0 Å². The molecule has 6 rings (SSSR count). The van der Waals surface area contributed by atoms with Crippen molar-refractivity contribution < 1.29 is 9.84 Å². The van der Waals surface area contributed by atoms with Gasteiger partial charge in [0.2, 0.25) is 0 Å². The predicted molar refractivity (Wildman–Crippen MR) is 127 cm³/mol. The Labute approximate surface area is 192 Å². The quantitative estimate of drug-likeness (QED) is 0.548. The van der Waals surface area contributed by atoms with Crippen molar-refractivity contribution in [3.05, 3.63) is 58.8 Å². The average Bonchev–Trinajstić information content (AvgIpc) is 3.44. The zero-order valence-corrected chi connectivity index (χ0v) is 18.9. The lowest BCUT2D eigenvalue weighted by Crippen LogP contribution is -2.36. The van der Waals surface area contributed by atoms with Crippen molar-refractivity contribution in [2.24, 2.45) is 0 Å². The first-order valence-electron chi connectivity index (χ1n) is 11.8. The fraction of sp³-hybridized carbons (Fsp3) is 0.480. The molecule has 2 N–H and O–H groups in total. The van der Waals surface area contributed by atoms with Crippen molar-refractivity contribution in [3.8, 4) is 5.75 Å². The summed E-state index contributed by atoms with van der Waals surface area (Å²) in [5, 5.41) is 19.3. The van der Waals surface area contributed by atoms with E-state index >= 15 is 0 Å². The molecule has 1 saturated carbocycles. The minimum atomic E-state index is -0.507. The van der Waals surface area contributed by atoms with Gasteiger partial charge in [-0.15, -0.1) is 0 Å². The van der Waals surface area contributed by atoms with E-state index in [0.717, 1.165) is 56.0 Å². The number of nitrogens with zero attached hydrogens (tertiary/aromatic N) is 4. The molecule has 33 heavy (non-hydrogen) atoms. The molecule has 8 heteroatoms. The number of hydrogen-bond donors (Lipinski definition) is 2. The van der Waals surface area contributed by atoms with Crippen LogP contribution in [0.4, 0.5) is 0 Å². The van der Waals surface area contributed by atoms with Crippen molar-refractivity contribution in [1.82, 2.24) is 24.6 Å². The number of aromatic nitrogens is 4. The molecule has 0 amide bonds. The lowest BCUT2D eigenvalue weighted by Gasteiger charge is -2.32. The van der Waals surface area contributed by atoms with Crippen molar-refractivity contribution in [3.63, 3.8) is 0 Å². The van der Waals surface area contributed by atoms with Crippen LogP contribution >= 0.6 is 0 Å². The van der Waals surface area contributed by atoms with Gasteiger partial charge in [-0.3, -0.25) is 9.48 Å². The summed E-state index contributed by atoms with van der Waals surface area (Å²) in [6.45, 7) is 6.48. The lowest BCUT2D eigenvalue weighted by atomic mass is 9.97. The topological polar surface area (TPSA) is 94.2 Å². The average molecular weight is 450 g/mol. The Morgan fingerprint density at radius 2 is 2.00 bits per heavy atom. The molecule has 0 atom stereocenters. The zero-order chi connectivity index (χ0) is 22.8. The van der Waals surface area contributed by atoms with E-state index in [2.05, 4.69) is 39.9 Å². The van der Waals surface area contributed by atoms with Crippen LogP contribution in [0.15, 0.2) is 42.1 Å². The van der Waals surface area contributed by atoms with E-state index in [0.29, 0.717) is 32.0 Å². The van der Waals surface area contributed by atoms with E-state index in [9.17, 15) is 9.90 Å². The van der Waals surface area contributed by atoms with Crippen LogP contribution in [0.5, 0.6) is 5.75 Å². The summed E-state index contributed by atoms with van der Waals surface area (Å²) in [4.78, 5) is 17.4. The van der Waals surface area contributed by atoms with E-state index < -0.39 is 5.43 Å². The van der Waals surface area contributed by atoms with Crippen LogP contribution in [0.1, 0.15) is 49.8 Å². The maximum Gasteiger partial charge on any atom is 0.251 e. The summed E-state index contributed by atoms with van der Waals surface area (Å²) in [7, 11) is 0. The molecule has 1 fully saturated rings. The van der Waals surface area contributed by atoms with Crippen molar-refractivity contribution in [2.45, 2.75) is 57.0 Å². The normalized spacial score (nSPS) is 19.5. The van der Waals surface area contributed by atoms with Crippen LogP contribution < -0.4 is 10.7 Å². The first-order chi connectivity index (χ1) is 16.1. The minimum Gasteiger partial charge on any atom is -0.503 e. The van der Waals surface area contributed by atoms with Crippen LogP contribution in [0.25, 0.3) is 16.7 Å². The van der Waals surface area contributed by atoms with Crippen molar-refractivity contribution in [2.75, 3.05) is 19.8 Å². The lowest BCUT2D eigenvalue weighted by molar-refractivity contribution is 0.130. The van der Waals surface area contributed by atoms with Crippen molar-refractivity contribution >= 4 is 16.7 Å². The Kier molecular flexibility index (Phi) is 5.93.